The Labute approximate surface area is 199 Å². The average Bonchev–Trinajstić information content (AvgIpc) is 2.80. The molecule has 0 fully saturated rings. The van der Waals surface area contributed by atoms with Gasteiger partial charge in [-0.3, -0.25) is 4.79 Å². The first kappa shape index (κ1) is 25.7. The van der Waals surface area contributed by atoms with Gasteiger partial charge in [-0.25, -0.2) is 4.79 Å². The van der Waals surface area contributed by atoms with Gasteiger partial charge >= 0.3 is 11.6 Å². The molecule has 0 unspecified atom stereocenters. The third-order valence-corrected chi connectivity index (χ3v) is 6.94. The molecular formula is C27H34O7. The van der Waals surface area contributed by atoms with Gasteiger partial charge in [-0.1, -0.05) is 30.7 Å². The summed E-state index contributed by atoms with van der Waals surface area (Å²) in [4.78, 5) is 23.9. The van der Waals surface area contributed by atoms with Crippen molar-refractivity contribution >= 4 is 16.9 Å². The van der Waals surface area contributed by atoms with E-state index >= 15 is 0 Å². The lowest BCUT2D eigenvalue weighted by Crippen LogP contribution is -2.42. The number of aliphatic hydroxyl groups excluding tert-OH is 2. The number of hydrogen-bond donors (Lipinski definition) is 2. The molecule has 1 aromatic carbocycles. The smallest absolute Gasteiger partial charge is 0.336 e. The van der Waals surface area contributed by atoms with Crippen molar-refractivity contribution in [3.63, 3.8) is 0 Å². The zero-order valence-electron chi connectivity index (χ0n) is 20.1. The first-order valence-electron chi connectivity index (χ1n) is 11.6. The van der Waals surface area contributed by atoms with Crippen LogP contribution in [0.5, 0.6) is 5.75 Å². The van der Waals surface area contributed by atoms with Gasteiger partial charge in [0.2, 0.25) is 0 Å². The molecule has 184 valence electrons. The minimum absolute atomic E-state index is 0.0252. The van der Waals surface area contributed by atoms with Crippen LogP contribution in [0.3, 0.4) is 0 Å². The zero-order chi connectivity index (χ0) is 24.9. The van der Waals surface area contributed by atoms with Crippen LogP contribution in [-0.2, 0) is 9.53 Å². The van der Waals surface area contributed by atoms with Crippen LogP contribution in [0.1, 0.15) is 40.0 Å². The van der Waals surface area contributed by atoms with Crippen LogP contribution in [0.15, 0.2) is 63.3 Å². The van der Waals surface area contributed by atoms with E-state index in [0.717, 1.165) is 17.4 Å². The zero-order valence-corrected chi connectivity index (χ0v) is 20.1. The maximum Gasteiger partial charge on any atom is 0.336 e. The van der Waals surface area contributed by atoms with Crippen molar-refractivity contribution < 1.29 is 28.9 Å². The predicted octanol–water partition coefficient (Wildman–Crippen LogP) is 4.01. The Kier molecular flexibility index (Phi) is 8.33. The highest BCUT2D eigenvalue weighted by Crippen LogP contribution is 2.51. The molecule has 0 saturated heterocycles. The van der Waals surface area contributed by atoms with Crippen LogP contribution in [-0.4, -0.2) is 42.1 Å². The topological polar surface area (TPSA) is 106 Å². The SMILES string of the molecule is C=C(C)[C@@H]1CC=C(C)[C@H](COc2ccc3ccc(=O)oc3c2)[C@]1(C)CCC(=O)OC[C@H](O)CO. The van der Waals surface area contributed by atoms with Gasteiger partial charge in [0.05, 0.1) is 13.2 Å². The van der Waals surface area contributed by atoms with Gasteiger partial charge in [0.15, 0.2) is 0 Å². The first-order valence-corrected chi connectivity index (χ1v) is 11.6. The Morgan fingerprint density at radius 2 is 2.06 bits per heavy atom. The van der Waals surface area contributed by atoms with Crippen molar-refractivity contribution in [3.8, 4) is 5.75 Å². The number of carbonyl (C=O) groups excluding carboxylic acids is 1. The second kappa shape index (κ2) is 11.0. The number of carbonyl (C=O) groups is 1. The molecule has 0 spiro atoms. The Bertz CT molecular complexity index is 1120. The molecule has 0 amide bonds. The van der Waals surface area contributed by atoms with Gasteiger partial charge in [-0.2, -0.15) is 0 Å². The van der Waals surface area contributed by atoms with Gasteiger partial charge in [0, 0.05) is 29.9 Å². The van der Waals surface area contributed by atoms with E-state index in [1.807, 2.05) is 19.1 Å². The minimum atomic E-state index is -1.07. The highest BCUT2D eigenvalue weighted by Gasteiger charge is 2.44. The Hall–Kier alpha value is -2.90. The molecule has 1 heterocycles. The molecule has 0 bridgehead atoms. The number of esters is 1. The summed E-state index contributed by atoms with van der Waals surface area (Å²) in [5, 5.41) is 19.2. The molecule has 1 aromatic heterocycles. The molecular weight excluding hydrogens is 436 g/mol. The van der Waals surface area contributed by atoms with E-state index in [2.05, 4.69) is 26.5 Å². The van der Waals surface area contributed by atoms with Crippen molar-refractivity contribution in [2.24, 2.45) is 17.3 Å². The summed E-state index contributed by atoms with van der Waals surface area (Å²) in [5.74, 6) is 0.380. The van der Waals surface area contributed by atoms with Crippen molar-refractivity contribution in [2.45, 2.75) is 46.1 Å². The number of allylic oxidation sites excluding steroid dienone is 2. The Balaban J connectivity index is 1.77. The second-order valence-electron chi connectivity index (χ2n) is 9.43. The molecule has 0 aliphatic heterocycles. The molecule has 1 aliphatic carbocycles. The molecule has 7 nitrogen and oxygen atoms in total. The standard InChI is InChI=1S/C27H34O7/c1-17(2)22-9-5-18(3)23(27(22,4)12-11-25(30)33-15-20(29)14-28)16-32-21-8-6-19-7-10-26(31)34-24(19)13-21/h5-8,10,13,20,22-23,28-29H,1,9,11-12,14-16H2,2-4H3/t20-,22+,23+,27-/m1/s1. The summed E-state index contributed by atoms with van der Waals surface area (Å²) in [5.41, 5.74) is 1.99. The van der Waals surface area contributed by atoms with Crippen molar-refractivity contribution in [1.29, 1.82) is 0 Å². The van der Waals surface area contributed by atoms with Crippen LogP contribution >= 0.6 is 0 Å². The highest BCUT2D eigenvalue weighted by atomic mass is 16.5. The molecule has 3 rings (SSSR count). The third kappa shape index (κ3) is 5.96. The molecule has 1 aliphatic rings. The molecule has 0 saturated carbocycles. The van der Waals surface area contributed by atoms with Crippen LogP contribution in [0.4, 0.5) is 0 Å². The summed E-state index contributed by atoms with van der Waals surface area (Å²) in [7, 11) is 0. The number of rotatable bonds is 10. The first-order chi connectivity index (χ1) is 16.1. The fourth-order valence-corrected chi connectivity index (χ4v) is 4.91. The van der Waals surface area contributed by atoms with Crippen LogP contribution < -0.4 is 10.4 Å². The Morgan fingerprint density at radius 3 is 2.76 bits per heavy atom. The number of hydrogen-bond acceptors (Lipinski definition) is 7. The summed E-state index contributed by atoms with van der Waals surface area (Å²) in [6.07, 6.45) is 2.72. The number of benzene rings is 1. The van der Waals surface area contributed by atoms with Crippen molar-refractivity contribution in [1.82, 2.24) is 0 Å². The minimum Gasteiger partial charge on any atom is -0.493 e. The van der Waals surface area contributed by atoms with E-state index in [1.54, 1.807) is 12.1 Å². The van der Waals surface area contributed by atoms with Gasteiger partial charge < -0.3 is 24.1 Å². The lowest BCUT2D eigenvalue weighted by atomic mass is 9.58. The maximum absolute atomic E-state index is 12.3. The lowest BCUT2D eigenvalue weighted by Gasteiger charge is -2.47. The average molecular weight is 471 g/mol. The van der Waals surface area contributed by atoms with Crippen molar-refractivity contribution in [2.75, 3.05) is 19.8 Å². The molecule has 4 atom stereocenters. The number of aliphatic hydroxyl groups is 2. The third-order valence-electron chi connectivity index (χ3n) is 6.94. The van der Waals surface area contributed by atoms with Crippen LogP contribution in [0.25, 0.3) is 11.0 Å². The fraction of sp³-hybridized carbons (Fsp3) is 0.481. The Morgan fingerprint density at radius 1 is 1.32 bits per heavy atom. The van der Waals surface area contributed by atoms with E-state index in [9.17, 15) is 14.7 Å². The normalized spacial score (nSPS) is 23.3. The van der Waals surface area contributed by atoms with Gasteiger partial charge in [-0.05, 0) is 56.2 Å². The van der Waals surface area contributed by atoms with E-state index in [1.165, 1.54) is 11.6 Å². The number of ether oxygens (including phenoxy) is 2. The van der Waals surface area contributed by atoms with E-state index < -0.39 is 24.3 Å². The fourth-order valence-electron chi connectivity index (χ4n) is 4.91. The quantitative estimate of drug-likeness (QED) is 0.307. The molecule has 34 heavy (non-hydrogen) atoms. The number of fused-ring (bicyclic) bond motifs is 1. The largest absolute Gasteiger partial charge is 0.493 e. The van der Waals surface area contributed by atoms with Gasteiger partial charge in [0.25, 0.3) is 0 Å². The summed E-state index contributed by atoms with van der Waals surface area (Å²) in [6, 6.07) is 8.52. The van der Waals surface area contributed by atoms with E-state index in [-0.39, 0.29) is 30.3 Å². The summed E-state index contributed by atoms with van der Waals surface area (Å²) in [6.45, 7) is 10.2. The summed E-state index contributed by atoms with van der Waals surface area (Å²) < 4.78 is 16.6. The monoisotopic (exact) mass is 470 g/mol. The molecule has 2 aromatic rings. The predicted molar refractivity (Wildman–Crippen MR) is 130 cm³/mol. The van der Waals surface area contributed by atoms with Crippen molar-refractivity contribution in [3.05, 3.63) is 64.6 Å². The van der Waals surface area contributed by atoms with E-state index in [0.29, 0.717) is 24.4 Å². The maximum atomic E-state index is 12.3. The lowest BCUT2D eigenvalue weighted by molar-refractivity contribution is -0.148. The summed E-state index contributed by atoms with van der Waals surface area (Å²) >= 11 is 0. The van der Waals surface area contributed by atoms with Crippen LogP contribution in [0.2, 0.25) is 0 Å². The second-order valence-corrected chi connectivity index (χ2v) is 9.43. The van der Waals surface area contributed by atoms with Crippen LogP contribution in [0, 0.1) is 17.3 Å². The highest BCUT2D eigenvalue weighted by molar-refractivity contribution is 5.77. The van der Waals surface area contributed by atoms with E-state index in [4.69, 9.17) is 19.0 Å². The molecule has 0 radical (unpaired) electrons. The molecule has 2 N–H and O–H groups in total. The molecule has 7 heteroatoms. The van der Waals surface area contributed by atoms with Gasteiger partial charge in [-0.15, -0.1) is 0 Å². The van der Waals surface area contributed by atoms with Gasteiger partial charge in [0.1, 0.15) is 24.0 Å².